The molecule has 13 heavy (non-hydrogen) atoms. The van der Waals surface area contributed by atoms with E-state index >= 15 is 0 Å². The first kappa shape index (κ1) is 8.57. The minimum absolute atomic E-state index is 1.02. The monoisotopic (exact) mass is 175 g/mol. The summed E-state index contributed by atoms with van der Waals surface area (Å²) in [5, 5.41) is 3.32. The zero-order valence-corrected chi connectivity index (χ0v) is 7.96. The van der Waals surface area contributed by atoms with Gasteiger partial charge < -0.3 is 5.32 Å². The molecular formula is C11H15N2. The second-order valence-corrected chi connectivity index (χ2v) is 3.33. The maximum atomic E-state index is 3.32. The largest absolute Gasteiger partial charge is 0.379 e. The van der Waals surface area contributed by atoms with E-state index in [4.69, 9.17) is 0 Å². The van der Waals surface area contributed by atoms with Crippen molar-refractivity contribution in [2.45, 2.75) is 13.5 Å². The molecule has 0 unspecified atom stereocenters. The molecule has 0 aromatic heterocycles. The van der Waals surface area contributed by atoms with Gasteiger partial charge in [-0.05, 0) is 18.2 Å². The molecule has 2 rings (SSSR count). The number of benzene rings is 1. The Labute approximate surface area is 79.6 Å². The molecule has 0 atom stereocenters. The van der Waals surface area contributed by atoms with Gasteiger partial charge in [0.1, 0.15) is 0 Å². The van der Waals surface area contributed by atoms with Crippen molar-refractivity contribution in [3.8, 4) is 0 Å². The molecular weight excluding hydrogens is 160 g/mol. The minimum atomic E-state index is 1.02. The number of hydrogen-bond donors (Lipinski definition) is 1. The maximum absolute atomic E-state index is 3.32. The van der Waals surface area contributed by atoms with Gasteiger partial charge in [0, 0.05) is 18.8 Å². The Kier molecular flexibility index (Phi) is 2.50. The van der Waals surface area contributed by atoms with Gasteiger partial charge in [0.15, 0.2) is 0 Å². The summed E-state index contributed by atoms with van der Waals surface area (Å²) < 4.78 is 0. The normalized spacial score (nSPS) is 17.3. The summed E-state index contributed by atoms with van der Waals surface area (Å²) in [7, 11) is 0. The zero-order chi connectivity index (χ0) is 9.10. The molecule has 1 aliphatic heterocycles. The molecule has 0 bridgehead atoms. The van der Waals surface area contributed by atoms with Crippen molar-refractivity contribution in [1.29, 1.82) is 0 Å². The van der Waals surface area contributed by atoms with Crippen molar-refractivity contribution in [1.82, 2.24) is 4.90 Å². The Morgan fingerprint density at radius 2 is 2.23 bits per heavy atom. The van der Waals surface area contributed by atoms with Gasteiger partial charge in [-0.2, -0.15) is 0 Å². The molecule has 0 amide bonds. The Balaban J connectivity index is 2.23. The molecule has 1 aromatic carbocycles. The highest BCUT2D eigenvalue weighted by atomic mass is 15.1. The first-order valence-corrected chi connectivity index (χ1v) is 4.78. The zero-order valence-electron chi connectivity index (χ0n) is 7.96. The average Bonchev–Trinajstić information content (AvgIpc) is 2.38. The van der Waals surface area contributed by atoms with Crippen LogP contribution in [0, 0.1) is 6.54 Å². The van der Waals surface area contributed by atoms with Crippen molar-refractivity contribution < 1.29 is 0 Å². The topological polar surface area (TPSA) is 15.3 Å². The summed E-state index contributed by atoms with van der Waals surface area (Å²) in [5.74, 6) is 0. The number of para-hydroxylation sites is 1. The van der Waals surface area contributed by atoms with Crippen molar-refractivity contribution >= 4 is 5.69 Å². The van der Waals surface area contributed by atoms with Crippen LogP contribution in [0.4, 0.5) is 5.69 Å². The van der Waals surface area contributed by atoms with Gasteiger partial charge in [-0.15, -0.1) is 0 Å². The summed E-state index contributed by atoms with van der Waals surface area (Å²) in [4.78, 5) is 2.40. The molecule has 1 aliphatic rings. The summed E-state index contributed by atoms with van der Waals surface area (Å²) in [5.41, 5.74) is 2.64. The Morgan fingerprint density at radius 3 is 3.08 bits per heavy atom. The van der Waals surface area contributed by atoms with E-state index in [1.54, 1.807) is 0 Å². The van der Waals surface area contributed by atoms with Crippen molar-refractivity contribution in [3.63, 3.8) is 0 Å². The lowest BCUT2D eigenvalue weighted by Crippen LogP contribution is -2.23. The van der Waals surface area contributed by atoms with Crippen LogP contribution in [0.5, 0.6) is 0 Å². The van der Waals surface area contributed by atoms with Gasteiger partial charge in [-0.3, -0.25) is 4.90 Å². The molecule has 0 fully saturated rings. The Morgan fingerprint density at radius 1 is 1.38 bits per heavy atom. The molecule has 1 aromatic rings. The fraction of sp³-hybridized carbons (Fsp3) is 0.364. The van der Waals surface area contributed by atoms with Gasteiger partial charge in [-0.1, -0.05) is 25.1 Å². The Hall–Kier alpha value is -1.02. The molecule has 1 N–H and O–H groups in total. The van der Waals surface area contributed by atoms with Gasteiger partial charge in [0.05, 0.1) is 6.54 Å². The van der Waals surface area contributed by atoms with Gasteiger partial charge in [-0.25, -0.2) is 0 Å². The number of nitrogens with one attached hydrogen (secondary N) is 1. The minimum Gasteiger partial charge on any atom is -0.379 e. The first-order valence-electron chi connectivity index (χ1n) is 4.78. The smallest absolute Gasteiger partial charge is 0.0602 e. The molecule has 1 heterocycles. The second kappa shape index (κ2) is 3.79. The molecule has 0 saturated heterocycles. The number of anilines is 1. The first-order chi connectivity index (χ1) is 6.40. The predicted octanol–water partition coefficient (Wildman–Crippen LogP) is 2.10. The Bertz CT molecular complexity index is 283. The van der Waals surface area contributed by atoms with Crippen LogP contribution in [-0.2, 0) is 6.54 Å². The third kappa shape index (κ3) is 1.83. The molecule has 0 aliphatic carbocycles. The number of nitrogens with zero attached hydrogens (tertiary/aromatic N) is 1. The van der Waals surface area contributed by atoms with E-state index in [2.05, 4.69) is 48.0 Å². The van der Waals surface area contributed by atoms with Crippen LogP contribution in [0.1, 0.15) is 12.5 Å². The number of rotatable bonds is 1. The average molecular weight is 175 g/mol. The van der Waals surface area contributed by atoms with E-state index in [-0.39, 0.29) is 0 Å². The fourth-order valence-corrected chi connectivity index (χ4v) is 1.63. The predicted molar refractivity (Wildman–Crippen MR) is 55.3 cm³/mol. The second-order valence-electron chi connectivity index (χ2n) is 3.33. The lowest BCUT2D eigenvalue weighted by molar-refractivity contribution is 0.307. The van der Waals surface area contributed by atoms with Crippen LogP contribution in [-0.4, -0.2) is 18.0 Å². The van der Waals surface area contributed by atoms with E-state index in [0.717, 1.165) is 19.6 Å². The summed E-state index contributed by atoms with van der Waals surface area (Å²) >= 11 is 0. The highest BCUT2D eigenvalue weighted by Crippen LogP contribution is 2.20. The van der Waals surface area contributed by atoms with Gasteiger partial charge in [0.2, 0.25) is 0 Å². The summed E-state index contributed by atoms with van der Waals surface area (Å²) in [6.45, 7) is 7.49. The molecule has 1 radical (unpaired) electrons. The van der Waals surface area contributed by atoms with Crippen LogP contribution in [0.3, 0.4) is 0 Å². The van der Waals surface area contributed by atoms with Crippen LogP contribution in [0.2, 0.25) is 0 Å². The SMILES string of the molecule is CCN1C[CH]Nc2ccccc2C1. The standard InChI is InChI=1S/C11H15N2/c1-2-13-8-7-12-11-6-4-3-5-10(11)9-13/h3-7,12H,2,8-9H2,1H3. The van der Waals surface area contributed by atoms with E-state index in [9.17, 15) is 0 Å². The van der Waals surface area contributed by atoms with Crippen LogP contribution >= 0.6 is 0 Å². The van der Waals surface area contributed by atoms with Crippen molar-refractivity contribution in [3.05, 3.63) is 36.4 Å². The molecule has 2 heteroatoms. The van der Waals surface area contributed by atoms with E-state index in [1.165, 1.54) is 11.3 Å². The summed E-state index contributed by atoms with van der Waals surface area (Å²) in [6.07, 6.45) is 0. The number of fused-ring (bicyclic) bond motifs is 1. The highest BCUT2D eigenvalue weighted by molar-refractivity contribution is 5.52. The molecule has 69 valence electrons. The van der Waals surface area contributed by atoms with E-state index < -0.39 is 0 Å². The third-order valence-electron chi connectivity index (χ3n) is 2.47. The molecule has 2 nitrogen and oxygen atoms in total. The summed E-state index contributed by atoms with van der Waals surface area (Å²) in [6, 6.07) is 8.48. The van der Waals surface area contributed by atoms with Crippen molar-refractivity contribution in [2.24, 2.45) is 0 Å². The van der Waals surface area contributed by atoms with Gasteiger partial charge >= 0.3 is 0 Å². The fourth-order valence-electron chi connectivity index (χ4n) is 1.63. The lowest BCUT2D eigenvalue weighted by atomic mass is 10.2. The number of likely N-dealkylation sites (N-methyl/N-ethyl adjacent to an activating group) is 1. The van der Waals surface area contributed by atoms with Crippen molar-refractivity contribution in [2.75, 3.05) is 18.4 Å². The molecule has 0 saturated carbocycles. The van der Waals surface area contributed by atoms with Crippen LogP contribution in [0.15, 0.2) is 24.3 Å². The lowest BCUT2D eigenvalue weighted by Gasteiger charge is -2.16. The van der Waals surface area contributed by atoms with E-state index in [1.807, 2.05) is 0 Å². The van der Waals surface area contributed by atoms with Crippen LogP contribution < -0.4 is 5.32 Å². The molecule has 0 spiro atoms. The highest BCUT2D eigenvalue weighted by Gasteiger charge is 2.11. The maximum Gasteiger partial charge on any atom is 0.0602 e. The third-order valence-corrected chi connectivity index (χ3v) is 2.47. The van der Waals surface area contributed by atoms with Gasteiger partial charge in [0.25, 0.3) is 0 Å². The van der Waals surface area contributed by atoms with E-state index in [0.29, 0.717) is 0 Å². The quantitative estimate of drug-likeness (QED) is 0.703. The number of hydrogen-bond acceptors (Lipinski definition) is 2. The van der Waals surface area contributed by atoms with Crippen LogP contribution in [0.25, 0.3) is 0 Å².